The van der Waals surface area contributed by atoms with E-state index in [0.717, 1.165) is 6.07 Å². The van der Waals surface area contributed by atoms with Gasteiger partial charge in [-0.05, 0) is 43.3 Å². The molecular formula is C14H12FN3O2. The van der Waals surface area contributed by atoms with Crippen LogP contribution in [0.3, 0.4) is 0 Å². The van der Waals surface area contributed by atoms with Gasteiger partial charge in [-0.2, -0.15) is 4.39 Å². The molecule has 2 N–H and O–H groups in total. The van der Waals surface area contributed by atoms with Crippen LogP contribution >= 0.6 is 0 Å². The highest BCUT2D eigenvalue weighted by molar-refractivity contribution is 6.00. The minimum Gasteiger partial charge on any atom is -0.308 e. The molecule has 0 saturated carbocycles. The van der Waals surface area contributed by atoms with Crippen molar-refractivity contribution in [2.75, 3.05) is 10.6 Å². The van der Waals surface area contributed by atoms with E-state index in [1.807, 2.05) is 0 Å². The Kier molecular flexibility index (Phi) is 4.05. The lowest BCUT2D eigenvalue weighted by molar-refractivity contribution is 0.101. The SMILES string of the molecule is CC(=O)c1ccc(NC(=O)Nc2ccc(F)nc2)cc1. The average Bonchev–Trinajstić information content (AvgIpc) is 2.42. The molecule has 2 aromatic rings. The molecule has 1 aromatic heterocycles. The van der Waals surface area contributed by atoms with E-state index in [2.05, 4.69) is 15.6 Å². The molecule has 2 amide bonds. The highest BCUT2D eigenvalue weighted by atomic mass is 19.1. The average molecular weight is 273 g/mol. The number of amides is 2. The van der Waals surface area contributed by atoms with E-state index in [-0.39, 0.29) is 5.78 Å². The number of benzene rings is 1. The Morgan fingerprint density at radius 2 is 1.60 bits per heavy atom. The Bertz CT molecular complexity index is 624. The zero-order valence-electron chi connectivity index (χ0n) is 10.7. The molecule has 20 heavy (non-hydrogen) atoms. The third kappa shape index (κ3) is 3.61. The van der Waals surface area contributed by atoms with Gasteiger partial charge in [-0.15, -0.1) is 0 Å². The van der Waals surface area contributed by atoms with Crippen molar-refractivity contribution < 1.29 is 14.0 Å². The number of pyridine rings is 1. The fourth-order valence-electron chi connectivity index (χ4n) is 1.53. The van der Waals surface area contributed by atoms with Gasteiger partial charge in [0.25, 0.3) is 0 Å². The molecule has 0 saturated heterocycles. The normalized spacial score (nSPS) is 9.90. The number of rotatable bonds is 3. The molecule has 0 unspecified atom stereocenters. The van der Waals surface area contributed by atoms with Crippen LogP contribution in [0.25, 0.3) is 0 Å². The summed E-state index contributed by atoms with van der Waals surface area (Å²) >= 11 is 0. The first-order valence-electron chi connectivity index (χ1n) is 5.85. The summed E-state index contributed by atoms with van der Waals surface area (Å²) in [7, 11) is 0. The summed E-state index contributed by atoms with van der Waals surface area (Å²) in [6.45, 7) is 1.47. The van der Waals surface area contributed by atoms with Crippen molar-refractivity contribution >= 4 is 23.2 Å². The monoisotopic (exact) mass is 273 g/mol. The molecule has 0 radical (unpaired) electrons. The second-order valence-corrected chi connectivity index (χ2v) is 4.08. The zero-order chi connectivity index (χ0) is 14.5. The molecule has 6 heteroatoms. The Morgan fingerprint density at radius 3 is 2.15 bits per heavy atom. The number of aromatic nitrogens is 1. The minimum atomic E-state index is -0.615. The molecule has 0 spiro atoms. The maximum absolute atomic E-state index is 12.6. The third-order valence-corrected chi connectivity index (χ3v) is 2.53. The molecule has 0 aliphatic rings. The number of urea groups is 1. The Morgan fingerprint density at radius 1 is 1.00 bits per heavy atom. The van der Waals surface area contributed by atoms with E-state index >= 15 is 0 Å². The summed E-state index contributed by atoms with van der Waals surface area (Å²) < 4.78 is 12.6. The molecule has 0 atom stereocenters. The van der Waals surface area contributed by atoms with Crippen molar-refractivity contribution in [2.45, 2.75) is 6.92 Å². The summed E-state index contributed by atoms with van der Waals surface area (Å²) in [5.41, 5.74) is 1.49. The number of hydrogen-bond acceptors (Lipinski definition) is 3. The topological polar surface area (TPSA) is 71.1 Å². The molecule has 0 aliphatic heterocycles. The van der Waals surface area contributed by atoms with Crippen molar-refractivity contribution in [2.24, 2.45) is 0 Å². The van der Waals surface area contributed by atoms with Crippen molar-refractivity contribution in [3.8, 4) is 0 Å². The van der Waals surface area contributed by atoms with Crippen molar-refractivity contribution in [3.63, 3.8) is 0 Å². The van der Waals surface area contributed by atoms with Crippen molar-refractivity contribution in [1.82, 2.24) is 4.98 Å². The van der Waals surface area contributed by atoms with Crippen LogP contribution in [0.1, 0.15) is 17.3 Å². The number of Topliss-reactive ketones (excluding diaryl/α,β-unsaturated/α-hetero) is 1. The van der Waals surface area contributed by atoms with Crippen LogP contribution in [-0.4, -0.2) is 16.8 Å². The number of ketones is 1. The number of halogens is 1. The summed E-state index contributed by atoms with van der Waals surface area (Å²) in [4.78, 5) is 26.2. The van der Waals surface area contributed by atoms with Crippen LogP contribution in [0.15, 0.2) is 42.6 Å². The molecule has 102 valence electrons. The van der Waals surface area contributed by atoms with E-state index in [9.17, 15) is 14.0 Å². The van der Waals surface area contributed by atoms with Crippen LogP contribution < -0.4 is 10.6 Å². The van der Waals surface area contributed by atoms with Gasteiger partial charge >= 0.3 is 6.03 Å². The number of nitrogens with zero attached hydrogens (tertiary/aromatic N) is 1. The molecule has 0 aliphatic carbocycles. The maximum Gasteiger partial charge on any atom is 0.323 e. The second-order valence-electron chi connectivity index (χ2n) is 4.08. The minimum absolute atomic E-state index is 0.0432. The van der Waals surface area contributed by atoms with Gasteiger partial charge in [-0.3, -0.25) is 4.79 Å². The first-order valence-corrected chi connectivity index (χ1v) is 5.85. The Hall–Kier alpha value is -2.76. The number of anilines is 2. The van der Waals surface area contributed by atoms with Crippen LogP contribution in [0, 0.1) is 5.95 Å². The molecule has 0 fully saturated rings. The highest BCUT2D eigenvalue weighted by Gasteiger charge is 2.04. The Balaban J connectivity index is 1.97. The smallest absolute Gasteiger partial charge is 0.308 e. The second kappa shape index (κ2) is 5.92. The summed E-state index contributed by atoms with van der Waals surface area (Å²) in [6.07, 6.45) is 1.22. The summed E-state index contributed by atoms with van der Waals surface area (Å²) in [6, 6.07) is 8.57. The van der Waals surface area contributed by atoms with Gasteiger partial charge in [0.15, 0.2) is 5.78 Å². The third-order valence-electron chi connectivity index (χ3n) is 2.53. The lowest BCUT2D eigenvalue weighted by Crippen LogP contribution is -2.19. The molecule has 5 nitrogen and oxygen atoms in total. The number of carbonyl (C=O) groups excluding carboxylic acids is 2. The maximum atomic E-state index is 12.6. The van der Waals surface area contributed by atoms with E-state index in [1.54, 1.807) is 24.3 Å². The van der Waals surface area contributed by atoms with Gasteiger partial charge in [0, 0.05) is 11.3 Å². The van der Waals surface area contributed by atoms with Crippen LogP contribution in [0.4, 0.5) is 20.6 Å². The van der Waals surface area contributed by atoms with Crippen LogP contribution in [0.5, 0.6) is 0 Å². The van der Waals surface area contributed by atoms with E-state index in [0.29, 0.717) is 16.9 Å². The summed E-state index contributed by atoms with van der Waals surface area (Å²) in [5, 5.41) is 5.10. The van der Waals surface area contributed by atoms with Crippen molar-refractivity contribution in [3.05, 3.63) is 54.1 Å². The lowest BCUT2D eigenvalue weighted by atomic mass is 10.1. The van der Waals surface area contributed by atoms with E-state index in [4.69, 9.17) is 0 Å². The van der Waals surface area contributed by atoms with Gasteiger partial charge in [0.05, 0.1) is 11.9 Å². The predicted octanol–water partition coefficient (Wildman–Crippen LogP) is 3.07. The van der Waals surface area contributed by atoms with E-state index < -0.39 is 12.0 Å². The molecule has 0 bridgehead atoms. The zero-order valence-corrected chi connectivity index (χ0v) is 10.7. The van der Waals surface area contributed by atoms with Gasteiger partial charge in [0.1, 0.15) is 0 Å². The first kappa shape index (κ1) is 13.7. The van der Waals surface area contributed by atoms with Crippen LogP contribution in [-0.2, 0) is 0 Å². The fraction of sp³-hybridized carbons (Fsp3) is 0.0714. The molecular weight excluding hydrogens is 261 g/mol. The molecule has 2 rings (SSSR count). The highest BCUT2D eigenvalue weighted by Crippen LogP contribution is 2.11. The standard InChI is InChI=1S/C14H12FN3O2/c1-9(19)10-2-4-11(5-3-10)17-14(20)18-12-6-7-13(15)16-8-12/h2-8H,1H3,(H2,17,18,20). The Labute approximate surface area is 114 Å². The number of nitrogens with one attached hydrogen (secondary N) is 2. The lowest BCUT2D eigenvalue weighted by Gasteiger charge is -2.07. The van der Waals surface area contributed by atoms with Gasteiger partial charge in [-0.25, -0.2) is 9.78 Å². The quantitative estimate of drug-likeness (QED) is 0.667. The van der Waals surface area contributed by atoms with Crippen LogP contribution in [0.2, 0.25) is 0 Å². The fourth-order valence-corrected chi connectivity index (χ4v) is 1.53. The number of carbonyl (C=O) groups is 2. The summed E-state index contributed by atoms with van der Waals surface area (Å²) in [5.74, 6) is -0.658. The van der Waals surface area contributed by atoms with Gasteiger partial charge < -0.3 is 10.6 Å². The largest absolute Gasteiger partial charge is 0.323 e. The van der Waals surface area contributed by atoms with E-state index in [1.165, 1.54) is 19.2 Å². The van der Waals surface area contributed by atoms with Gasteiger partial charge in [-0.1, -0.05) is 0 Å². The molecule has 1 heterocycles. The van der Waals surface area contributed by atoms with Gasteiger partial charge in [0.2, 0.25) is 5.95 Å². The van der Waals surface area contributed by atoms with Crippen molar-refractivity contribution in [1.29, 1.82) is 0 Å². The number of hydrogen-bond donors (Lipinski definition) is 2. The first-order chi connectivity index (χ1) is 9.54. The predicted molar refractivity (Wildman–Crippen MR) is 73.3 cm³/mol. The molecule has 1 aromatic carbocycles.